The van der Waals surface area contributed by atoms with Crippen molar-refractivity contribution in [3.05, 3.63) is 48.0 Å². The van der Waals surface area contributed by atoms with E-state index in [0.29, 0.717) is 25.8 Å². The van der Waals surface area contributed by atoms with Gasteiger partial charge in [-0.3, -0.25) is 14.4 Å². The number of hydrogen-bond donors (Lipinski definition) is 0. The average Bonchev–Trinajstić information content (AvgIpc) is 2.90. The van der Waals surface area contributed by atoms with Gasteiger partial charge in [0.05, 0.1) is 13.2 Å². The van der Waals surface area contributed by atoms with Crippen LogP contribution in [0.2, 0.25) is 0 Å². The van der Waals surface area contributed by atoms with Crippen LogP contribution in [0.3, 0.4) is 0 Å². The largest absolute Gasteiger partial charge is 0.469 e. The van der Waals surface area contributed by atoms with Gasteiger partial charge in [-0.05, 0) is 37.3 Å². The van der Waals surface area contributed by atoms with Gasteiger partial charge in [-0.15, -0.1) is 0 Å². The summed E-state index contributed by atoms with van der Waals surface area (Å²) in [4.78, 5) is 38.0. The minimum Gasteiger partial charge on any atom is -0.469 e. The molecule has 0 bridgehead atoms. The second-order valence-corrected chi connectivity index (χ2v) is 7.63. The van der Waals surface area contributed by atoms with Crippen LogP contribution < -0.4 is 0 Å². The number of unbranched alkanes of at least 4 members (excludes halogenated alkanes) is 3. The zero-order valence-corrected chi connectivity index (χ0v) is 17.5. The topological polar surface area (TPSA) is 63.7 Å². The predicted octanol–water partition coefficient (Wildman–Crippen LogP) is 4.25. The van der Waals surface area contributed by atoms with Gasteiger partial charge in [-0.25, -0.2) is 0 Å². The zero-order valence-electron chi connectivity index (χ0n) is 17.5. The van der Waals surface area contributed by atoms with Crippen LogP contribution in [0.4, 0.5) is 0 Å². The van der Waals surface area contributed by atoms with E-state index >= 15 is 0 Å². The van der Waals surface area contributed by atoms with Crippen molar-refractivity contribution in [2.75, 3.05) is 13.7 Å². The molecule has 0 aliphatic carbocycles. The molecule has 0 saturated carbocycles. The van der Waals surface area contributed by atoms with E-state index in [1.165, 1.54) is 7.11 Å². The van der Waals surface area contributed by atoms with Crippen LogP contribution in [0.5, 0.6) is 0 Å². The molecular weight excluding hydrogens is 366 g/mol. The van der Waals surface area contributed by atoms with Crippen molar-refractivity contribution >= 4 is 17.7 Å². The fourth-order valence-corrected chi connectivity index (χ4v) is 3.69. The third kappa shape index (κ3) is 8.63. The van der Waals surface area contributed by atoms with Crippen LogP contribution in [0.1, 0.15) is 63.4 Å². The number of ketones is 1. The highest BCUT2D eigenvalue weighted by Crippen LogP contribution is 2.20. The number of methoxy groups -OCH3 is 1. The van der Waals surface area contributed by atoms with Gasteiger partial charge in [0, 0.05) is 25.8 Å². The maximum absolute atomic E-state index is 12.6. The van der Waals surface area contributed by atoms with Crippen LogP contribution in [0.25, 0.3) is 0 Å². The van der Waals surface area contributed by atoms with Crippen molar-refractivity contribution in [3.63, 3.8) is 0 Å². The molecule has 158 valence electrons. The fourth-order valence-electron chi connectivity index (χ4n) is 3.69. The summed E-state index contributed by atoms with van der Waals surface area (Å²) in [5.41, 5.74) is 1.00. The van der Waals surface area contributed by atoms with Crippen molar-refractivity contribution in [3.8, 4) is 0 Å². The lowest BCUT2D eigenvalue weighted by atomic mass is 10.1. The number of amides is 1. The van der Waals surface area contributed by atoms with Gasteiger partial charge >= 0.3 is 5.97 Å². The number of esters is 1. The highest BCUT2D eigenvalue weighted by Gasteiger charge is 2.24. The molecule has 2 rings (SSSR count). The quantitative estimate of drug-likeness (QED) is 0.317. The molecular formula is C24H33NO4. The summed E-state index contributed by atoms with van der Waals surface area (Å²) < 4.78 is 4.65. The zero-order chi connectivity index (χ0) is 20.9. The lowest BCUT2D eigenvalue weighted by molar-refractivity contribution is -0.140. The second-order valence-electron chi connectivity index (χ2n) is 7.63. The average molecular weight is 400 g/mol. The van der Waals surface area contributed by atoms with E-state index in [1.54, 1.807) is 6.08 Å². The number of hydrogen-bond acceptors (Lipinski definition) is 4. The van der Waals surface area contributed by atoms with E-state index < -0.39 is 0 Å². The van der Waals surface area contributed by atoms with Crippen LogP contribution >= 0.6 is 0 Å². The third-order valence-electron chi connectivity index (χ3n) is 5.34. The fraction of sp³-hybridized carbons (Fsp3) is 0.542. The molecule has 5 heteroatoms. The molecule has 1 saturated heterocycles. The molecule has 1 heterocycles. The summed E-state index contributed by atoms with van der Waals surface area (Å²) in [6, 6.07) is 9.71. The van der Waals surface area contributed by atoms with Crippen molar-refractivity contribution in [1.29, 1.82) is 0 Å². The number of carbonyl (C=O) groups excluding carboxylic acids is 3. The van der Waals surface area contributed by atoms with Gasteiger partial charge in [0.15, 0.2) is 5.78 Å². The molecule has 1 amide bonds. The first kappa shape index (κ1) is 22.9. The van der Waals surface area contributed by atoms with Crippen LogP contribution in [0.15, 0.2) is 42.5 Å². The first-order chi connectivity index (χ1) is 14.1. The van der Waals surface area contributed by atoms with E-state index in [-0.39, 0.29) is 23.7 Å². The van der Waals surface area contributed by atoms with Gasteiger partial charge in [0.25, 0.3) is 0 Å². The van der Waals surface area contributed by atoms with E-state index in [1.807, 2.05) is 41.3 Å². The molecule has 1 unspecified atom stereocenters. The summed E-state index contributed by atoms with van der Waals surface area (Å²) >= 11 is 0. The molecule has 1 aromatic carbocycles. The number of ether oxygens (including phenoxy) is 1. The van der Waals surface area contributed by atoms with Crippen molar-refractivity contribution in [1.82, 2.24) is 4.90 Å². The molecule has 5 nitrogen and oxygen atoms in total. The molecule has 0 radical (unpaired) electrons. The Morgan fingerprint density at radius 3 is 2.62 bits per heavy atom. The van der Waals surface area contributed by atoms with E-state index in [0.717, 1.165) is 50.5 Å². The van der Waals surface area contributed by atoms with Gasteiger partial charge < -0.3 is 9.64 Å². The highest BCUT2D eigenvalue weighted by molar-refractivity contribution is 5.91. The summed E-state index contributed by atoms with van der Waals surface area (Å²) in [6.07, 6.45) is 11.5. The normalized spacial score (nSPS) is 17.3. The second kappa shape index (κ2) is 12.9. The Balaban J connectivity index is 1.83. The molecule has 1 atom stereocenters. The number of benzene rings is 1. The molecule has 29 heavy (non-hydrogen) atoms. The summed E-state index contributed by atoms with van der Waals surface area (Å²) in [7, 11) is 1.41. The van der Waals surface area contributed by atoms with Gasteiger partial charge in [-0.1, -0.05) is 55.7 Å². The minimum absolute atomic E-state index is 0.000192. The van der Waals surface area contributed by atoms with Gasteiger partial charge in [0.2, 0.25) is 5.91 Å². The lowest BCUT2D eigenvalue weighted by Crippen LogP contribution is -2.38. The number of carbonyl (C=O) groups is 3. The van der Waals surface area contributed by atoms with Crippen molar-refractivity contribution in [2.24, 2.45) is 0 Å². The Morgan fingerprint density at radius 1 is 1.10 bits per heavy atom. The van der Waals surface area contributed by atoms with Crippen LogP contribution in [-0.4, -0.2) is 42.3 Å². The molecule has 1 aliphatic heterocycles. The van der Waals surface area contributed by atoms with Crippen molar-refractivity contribution < 1.29 is 19.1 Å². The van der Waals surface area contributed by atoms with Crippen LogP contribution in [-0.2, 0) is 25.5 Å². The Labute approximate surface area is 174 Å². The minimum atomic E-state index is -0.168. The van der Waals surface area contributed by atoms with E-state index in [2.05, 4.69) is 4.74 Å². The number of allylic oxidation sites excluding steroid dienone is 1. The number of likely N-dealkylation sites (tertiary alicyclic amines) is 1. The molecule has 1 aliphatic rings. The standard InChI is InChI=1S/C24H33NO4/c1-29-24(28)15-7-2-3-10-18-25-21(13-8-9-14-23(25)27)16-17-22(26)19-20-11-5-4-6-12-20/h4-6,11-12,16-17,21H,2-3,7-10,13-15,18-19H2,1H3. The third-order valence-corrected chi connectivity index (χ3v) is 5.34. The molecule has 1 aromatic rings. The molecule has 0 aromatic heterocycles. The van der Waals surface area contributed by atoms with E-state index in [9.17, 15) is 14.4 Å². The van der Waals surface area contributed by atoms with Gasteiger partial charge in [-0.2, -0.15) is 0 Å². The van der Waals surface area contributed by atoms with Crippen molar-refractivity contribution in [2.45, 2.75) is 70.3 Å². The first-order valence-electron chi connectivity index (χ1n) is 10.7. The molecule has 0 N–H and O–H groups in total. The molecule has 1 fully saturated rings. The Hall–Kier alpha value is -2.43. The monoisotopic (exact) mass is 399 g/mol. The smallest absolute Gasteiger partial charge is 0.305 e. The first-order valence-corrected chi connectivity index (χ1v) is 10.7. The SMILES string of the molecule is COC(=O)CCCCCCN1C(=O)CCCCC1C=CC(=O)Cc1ccccc1. The summed E-state index contributed by atoms with van der Waals surface area (Å²) in [5, 5.41) is 0. The maximum atomic E-state index is 12.6. The Bertz CT molecular complexity index is 683. The summed E-state index contributed by atoms with van der Waals surface area (Å²) in [6.45, 7) is 0.707. The highest BCUT2D eigenvalue weighted by atomic mass is 16.5. The molecule has 0 spiro atoms. The van der Waals surface area contributed by atoms with E-state index in [4.69, 9.17) is 0 Å². The number of rotatable bonds is 11. The Kier molecular flexibility index (Phi) is 10.2. The lowest BCUT2D eigenvalue weighted by Gasteiger charge is -2.28. The summed E-state index contributed by atoms with van der Waals surface area (Å²) in [5.74, 6) is 0.0796. The van der Waals surface area contributed by atoms with Gasteiger partial charge in [0.1, 0.15) is 0 Å². The Morgan fingerprint density at radius 2 is 1.86 bits per heavy atom. The number of nitrogens with zero attached hydrogens (tertiary/aromatic N) is 1. The van der Waals surface area contributed by atoms with Crippen LogP contribution in [0, 0.1) is 0 Å². The maximum Gasteiger partial charge on any atom is 0.305 e. The predicted molar refractivity (Wildman–Crippen MR) is 113 cm³/mol.